The predicted molar refractivity (Wildman–Crippen MR) is 129 cm³/mol. The summed E-state index contributed by atoms with van der Waals surface area (Å²) in [5, 5.41) is 11.2. The Morgan fingerprint density at radius 2 is 1.76 bits per heavy atom. The second kappa shape index (κ2) is 9.39. The normalized spacial score (nSPS) is 42.4. The molecule has 0 aromatic carbocycles. The minimum absolute atomic E-state index is 0.0206. The fourth-order valence-corrected chi connectivity index (χ4v) is 9.24. The van der Waals surface area contributed by atoms with Crippen molar-refractivity contribution in [3.8, 4) is 0 Å². The van der Waals surface area contributed by atoms with Crippen LogP contribution in [0.5, 0.6) is 0 Å². The standard InChI is InChI=1S/C28H43NO5/c1-5-18-22-14-17(30)10-12-28(22,4)21-11-13-27(3)19(7-8-20(27)25(21)26(18)34)16(2)6-9-23(31)29-15-24(32)33/h16,18-22,25H,5-15H2,1-4H3,(H,29,31)(H,32,33)/t16-,18-,19-,20?,21?,22?,25?,27-,28-/m1/s1. The van der Waals surface area contributed by atoms with E-state index < -0.39 is 5.97 Å². The van der Waals surface area contributed by atoms with Crippen LogP contribution < -0.4 is 5.32 Å². The molecule has 34 heavy (non-hydrogen) atoms. The third-order valence-electron chi connectivity index (χ3n) is 11.0. The Balaban J connectivity index is 1.51. The van der Waals surface area contributed by atoms with Gasteiger partial charge in [0.05, 0.1) is 0 Å². The van der Waals surface area contributed by atoms with E-state index in [1.807, 2.05) is 0 Å². The molecule has 4 aliphatic rings. The molecule has 0 heterocycles. The number of rotatable bonds is 7. The largest absolute Gasteiger partial charge is 0.480 e. The Bertz CT molecular complexity index is 854. The third-order valence-corrected chi connectivity index (χ3v) is 11.0. The van der Waals surface area contributed by atoms with E-state index in [-0.39, 0.29) is 41.0 Å². The summed E-state index contributed by atoms with van der Waals surface area (Å²) in [7, 11) is 0. The monoisotopic (exact) mass is 473 g/mol. The first-order chi connectivity index (χ1) is 16.0. The first-order valence-corrected chi connectivity index (χ1v) is 13.6. The van der Waals surface area contributed by atoms with Crippen molar-refractivity contribution in [1.29, 1.82) is 0 Å². The molecular formula is C28H43NO5. The summed E-state index contributed by atoms with van der Waals surface area (Å²) < 4.78 is 0. The third kappa shape index (κ3) is 4.13. The summed E-state index contributed by atoms with van der Waals surface area (Å²) in [5.41, 5.74) is 0.209. The van der Waals surface area contributed by atoms with Gasteiger partial charge in [-0.3, -0.25) is 19.2 Å². The van der Waals surface area contributed by atoms with Crippen molar-refractivity contribution in [3.63, 3.8) is 0 Å². The van der Waals surface area contributed by atoms with Gasteiger partial charge in [-0.05, 0) is 85.4 Å². The van der Waals surface area contributed by atoms with Gasteiger partial charge in [0.2, 0.25) is 5.91 Å². The highest BCUT2D eigenvalue weighted by Gasteiger charge is 2.65. The zero-order valence-electron chi connectivity index (χ0n) is 21.4. The van der Waals surface area contributed by atoms with Gasteiger partial charge in [0.15, 0.2) is 0 Å². The van der Waals surface area contributed by atoms with Crippen LogP contribution in [0.2, 0.25) is 0 Å². The Kier molecular flexibility index (Phi) is 7.00. The molecule has 0 spiro atoms. The van der Waals surface area contributed by atoms with Gasteiger partial charge in [0.25, 0.3) is 0 Å². The molecule has 6 nitrogen and oxygen atoms in total. The van der Waals surface area contributed by atoms with Crippen LogP contribution in [-0.4, -0.2) is 35.1 Å². The lowest BCUT2D eigenvalue weighted by atomic mass is 9.42. The maximum Gasteiger partial charge on any atom is 0.322 e. The molecule has 6 heteroatoms. The first-order valence-electron chi connectivity index (χ1n) is 13.6. The fourth-order valence-electron chi connectivity index (χ4n) is 9.24. The average Bonchev–Trinajstić information content (AvgIpc) is 3.14. The lowest BCUT2D eigenvalue weighted by Crippen LogP contribution is -2.60. The Morgan fingerprint density at radius 1 is 1.06 bits per heavy atom. The topological polar surface area (TPSA) is 101 Å². The van der Waals surface area contributed by atoms with Crippen molar-refractivity contribution < 1.29 is 24.3 Å². The molecule has 190 valence electrons. The van der Waals surface area contributed by atoms with Crippen LogP contribution >= 0.6 is 0 Å². The van der Waals surface area contributed by atoms with Gasteiger partial charge in [-0.15, -0.1) is 0 Å². The number of aliphatic carboxylic acids is 1. The maximum atomic E-state index is 14.0. The highest BCUT2D eigenvalue weighted by Crippen LogP contribution is 2.68. The van der Waals surface area contributed by atoms with Crippen LogP contribution in [-0.2, 0) is 19.2 Å². The van der Waals surface area contributed by atoms with Crippen molar-refractivity contribution in [2.24, 2.45) is 52.3 Å². The lowest BCUT2D eigenvalue weighted by Gasteiger charge is -2.61. The van der Waals surface area contributed by atoms with Crippen LogP contribution in [0.3, 0.4) is 0 Å². The highest BCUT2D eigenvalue weighted by molar-refractivity contribution is 5.88. The van der Waals surface area contributed by atoms with E-state index in [4.69, 9.17) is 5.11 Å². The van der Waals surface area contributed by atoms with Crippen molar-refractivity contribution in [2.45, 2.75) is 91.9 Å². The number of nitrogens with one attached hydrogen (secondary N) is 1. The SMILES string of the molecule is CC[C@H]1C(=O)C2C(CC[C@@]3(C)C2CC[C@@H]3[C@H](C)CCC(=O)NCC(=O)O)[C@@]2(C)CCC(=O)CC12. The van der Waals surface area contributed by atoms with E-state index in [1.165, 1.54) is 0 Å². The van der Waals surface area contributed by atoms with Crippen molar-refractivity contribution >= 4 is 23.4 Å². The molecular weight excluding hydrogens is 430 g/mol. The Morgan fingerprint density at radius 3 is 2.44 bits per heavy atom. The molecule has 2 N–H and O–H groups in total. The summed E-state index contributed by atoms with van der Waals surface area (Å²) in [5.74, 6) is 1.57. The number of carbonyl (C=O) groups is 4. The zero-order chi connectivity index (χ0) is 24.8. The number of carbonyl (C=O) groups excluding carboxylic acids is 3. The van der Waals surface area contributed by atoms with Gasteiger partial charge in [-0.1, -0.05) is 27.7 Å². The number of carboxylic acid groups (broad SMARTS) is 1. The quantitative estimate of drug-likeness (QED) is 0.561. The minimum atomic E-state index is -1.02. The van der Waals surface area contributed by atoms with Gasteiger partial charge in [0, 0.05) is 31.1 Å². The van der Waals surface area contributed by atoms with E-state index in [2.05, 4.69) is 33.0 Å². The molecule has 4 fully saturated rings. The van der Waals surface area contributed by atoms with Gasteiger partial charge >= 0.3 is 5.97 Å². The lowest BCUT2D eigenvalue weighted by molar-refractivity contribution is -0.169. The van der Waals surface area contributed by atoms with Gasteiger partial charge in [-0.2, -0.15) is 0 Å². The van der Waals surface area contributed by atoms with E-state index in [1.54, 1.807) is 0 Å². The highest BCUT2D eigenvalue weighted by atomic mass is 16.4. The van der Waals surface area contributed by atoms with E-state index in [0.717, 1.165) is 44.9 Å². The smallest absolute Gasteiger partial charge is 0.322 e. The number of amides is 1. The predicted octanol–water partition coefficient (Wildman–Crippen LogP) is 4.65. The molecule has 0 radical (unpaired) electrons. The summed E-state index contributed by atoms with van der Waals surface area (Å²) >= 11 is 0. The summed E-state index contributed by atoms with van der Waals surface area (Å²) in [6.45, 7) is 8.82. The number of hydrogen-bond acceptors (Lipinski definition) is 4. The number of ketones is 2. The fraction of sp³-hybridized carbons (Fsp3) is 0.857. The van der Waals surface area contributed by atoms with E-state index in [9.17, 15) is 19.2 Å². The van der Waals surface area contributed by atoms with E-state index in [0.29, 0.717) is 54.5 Å². The number of hydrogen-bond donors (Lipinski definition) is 2. The second-order valence-corrected chi connectivity index (χ2v) is 12.4. The Hall–Kier alpha value is -1.72. The van der Waals surface area contributed by atoms with Crippen LogP contribution in [0.1, 0.15) is 91.9 Å². The van der Waals surface area contributed by atoms with E-state index >= 15 is 0 Å². The van der Waals surface area contributed by atoms with Crippen LogP contribution in [0.15, 0.2) is 0 Å². The number of fused-ring (bicyclic) bond motifs is 5. The van der Waals surface area contributed by atoms with Crippen LogP contribution in [0.4, 0.5) is 0 Å². The molecule has 4 rings (SSSR count). The van der Waals surface area contributed by atoms with Gasteiger partial charge in [0.1, 0.15) is 18.1 Å². The Labute approximate surface area is 204 Å². The van der Waals surface area contributed by atoms with Gasteiger partial charge < -0.3 is 10.4 Å². The molecule has 4 saturated carbocycles. The van der Waals surface area contributed by atoms with Gasteiger partial charge in [-0.25, -0.2) is 0 Å². The molecule has 0 saturated heterocycles. The summed E-state index contributed by atoms with van der Waals surface area (Å²) in [4.78, 5) is 49.1. The maximum absolute atomic E-state index is 14.0. The number of carboxylic acids is 1. The summed E-state index contributed by atoms with van der Waals surface area (Å²) in [6.07, 6.45) is 8.53. The second-order valence-electron chi connectivity index (χ2n) is 12.4. The van der Waals surface area contributed by atoms with Crippen molar-refractivity contribution in [1.82, 2.24) is 5.32 Å². The molecule has 0 aliphatic heterocycles. The molecule has 1 amide bonds. The molecule has 4 unspecified atom stereocenters. The molecule has 4 aliphatic carbocycles. The molecule has 9 atom stereocenters. The van der Waals surface area contributed by atoms with Crippen molar-refractivity contribution in [2.75, 3.05) is 6.54 Å². The first kappa shape index (κ1) is 25.4. The molecule has 0 aromatic rings. The molecule has 0 aromatic heterocycles. The van der Waals surface area contributed by atoms with Crippen molar-refractivity contribution in [3.05, 3.63) is 0 Å². The zero-order valence-corrected chi connectivity index (χ0v) is 21.4. The summed E-state index contributed by atoms with van der Waals surface area (Å²) in [6, 6.07) is 0. The molecule has 0 bridgehead atoms. The number of Topliss-reactive ketones (excluding diaryl/α,β-unsaturated/α-hetero) is 2. The minimum Gasteiger partial charge on any atom is -0.480 e. The van der Waals surface area contributed by atoms with Crippen LogP contribution in [0.25, 0.3) is 0 Å². The average molecular weight is 474 g/mol. The van der Waals surface area contributed by atoms with Crippen LogP contribution in [0, 0.1) is 52.3 Å².